The van der Waals surface area contributed by atoms with E-state index in [0.717, 1.165) is 32.1 Å². The molecule has 0 unspecified atom stereocenters. The molecule has 1 aromatic carbocycles. The molecule has 2 rings (SSSR count). The van der Waals surface area contributed by atoms with Crippen LogP contribution in [0.1, 0.15) is 48.9 Å². The number of carbonyl (C=O) groups excluding carboxylic acids is 1. The fraction of sp³-hybridized carbons (Fsp3) is 0.562. The first-order chi connectivity index (χ1) is 11.0. The van der Waals surface area contributed by atoms with E-state index in [1.807, 2.05) is 0 Å². The standard InChI is InChI=1S/C16H25N3O3S/c17-10-5-11-19(14-7-2-1-3-8-14)23(21,22)15-9-4-6-13(12-15)16(18)20/h4,6,9,12,14H,1-3,5,7-8,10-11,17H2,(H2,18,20). The van der Waals surface area contributed by atoms with E-state index in [4.69, 9.17) is 11.5 Å². The Hall–Kier alpha value is -1.44. The van der Waals surface area contributed by atoms with Crippen molar-refractivity contribution in [1.82, 2.24) is 4.31 Å². The van der Waals surface area contributed by atoms with Crippen molar-refractivity contribution in [2.45, 2.75) is 49.5 Å². The van der Waals surface area contributed by atoms with Gasteiger partial charge in [0.2, 0.25) is 15.9 Å². The Labute approximate surface area is 137 Å². The third-order valence-electron chi connectivity index (χ3n) is 4.29. The summed E-state index contributed by atoms with van der Waals surface area (Å²) in [5.41, 5.74) is 11.0. The van der Waals surface area contributed by atoms with Gasteiger partial charge in [0.05, 0.1) is 4.90 Å². The maximum absolute atomic E-state index is 13.0. The van der Waals surface area contributed by atoms with Gasteiger partial charge in [0.1, 0.15) is 0 Å². The van der Waals surface area contributed by atoms with Crippen molar-refractivity contribution in [3.63, 3.8) is 0 Å². The smallest absolute Gasteiger partial charge is 0.248 e. The highest BCUT2D eigenvalue weighted by atomic mass is 32.2. The predicted molar refractivity (Wildman–Crippen MR) is 89.4 cm³/mol. The van der Waals surface area contributed by atoms with Gasteiger partial charge in [-0.2, -0.15) is 4.31 Å². The van der Waals surface area contributed by atoms with Crippen LogP contribution in [-0.4, -0.2) is 37.8 Å². The average Bonchev–Trinajstić information content (AvgIpc) is 2.56. The Kier molecular flexibility index (Phi) is 6.15. The van der Waals surface area contributed by atoms with E-state index in [1.54, 1.807) is 10.4 Å². The number of amides is 1. The van der Waals surface area contributed by atoms with Gasteiger partial charge < -0.3 is 11.5 Å². The summed E-state index contributed by atoms with van der Waals surface area (Å²) in [6.07, 6.45) is 5.60. The highest BCUT2D eigenvalue weighted by Crippen LogP contribution is 2.28. The highest BCUT2D eigenvalue weighted by molar-refractivity contribution is 7.89. The van der Waals surface area contributed by atoms with Crippen LogP contribution in [0.25, 0.3) is 0 Å². The van der Waals surface area contributed by atoms with Crippen molar-refractivity contribution >= 4 is 15.9 Å². The van der Waals surface area contributed by atoms with E-state index in [1.165, 1.54) is 18.2 Å². The van der Waals surface area contributed by atoms with Gasteiger partial charge in [0, 0.05) is 18.2 Å². The number of sulfonamides is 1. The first-order valence-electron chi connectivity index (χ1n) is 8.08. The normalized spacial score (nSPS) is 16.6. The van der Waals surface area contributed by atoms with Gasteiger partial charge in [-0.25, -0.2) is 8.42 Å². The molecule has 0 saturated heterocycles. The van der Waals surface area contributed by atoms with Crippen LogP contribution in [0.3, 0.4) is 0 Å². The van der Waals surface area contributed by atoms with E-state index in [0.29, 0.717) is 19.5 Å². The summed E-state index contributed by atoms with van der Waals surface area (Å²) in [7, 11) is -3.66. The Bertz CT molecular complexity index is 640. The van der Waals surface area contributed by atoms with Gasteiger partial charge in [0.25, 0.3) is 0 Å². The van der Waals surface area contributed by atoms with E-state index in [-0.39, 0.29) is 16.5 Å². The molecule has 1 saturated carbocycles. The Balaban J connectivity index is 2.34. The third-order valence-corrected chi connectivity index (χ3v) is 6.24. The molecule has 1 amide bonds. The lowest BCUT2D eigenvalue weighted by molar-refractivity contribution is 0.1000. The van der Waals surface area contributed by atoms with Crippen LogP contribution in [0.4, 0.5) is 0 Å². The van der Waals surface area contributed by atoms with Crippen LogP contribution in [-0.2, 0) is 10.0 Å². The Morgan fingerprint density at radius 1 is 1.22 bits per heavy atom. The van der Waals surface area contributed by atoms with Gasteiger partial charge in [-0.15, -0.1) is 0 Å². The molecule has 0 atom stereocenters. The van der Waals surface area contributed by atoms with Crippen molar-refractivity contribution in [3.05, 3.63) is 29.8 Å². The summed E-state index contributed by atoms with van der Waals surface area (Å²) in [5.74, 6) is -0.631. The molecular formula is C16H25N3O3S. The number of nitrogens with zero attached hydrogens (tertiary/aromatic N) is 1. The minimum Gasteiger partial charge on any atom is -0.366 e. The number of rotatable bonds is 7. The lowest BCUT2D eigenvalue weighted by atomic mass is 9.95. The lowest BCUT2D eigenvalue weighted by Crippen LogP contribution is -2.42. The monoisotopic (exact) mass is 339 g/mol. The number of carbonyl (C=O) groups is 1. The van der Waals surface area contributed by atoms with Crippen LogP contribution in [0.15, 0.2) is 29.2 Å². The van der Waals surface area contributed by atoms with E-state index < -0.39 is 15.9 Å². The molecule has 1 aromatic rings. The fourth-order valence-corrected chi connectivity index (χ4v) is 4.83. The predicted octanol–water partition coefficient (Wildman–Crippen LogP) is 1.46. The molecule has 0 bridgehead atoms. The van der Waals surface area contributed by atoms with Crippen LogP contribution in [0.5, 0.6) is 0 Å². The minimum absolute atomic E-state index is 0.0116. The van der Waals surface area contributed by atoms with Gasteiger partial charge in [0.15, 0.2) is 0 Å². The van der Waals surface area contributed by atoms with Crippen molar-refractivity contribution in [3.8, 4) is 0 Å². The molecule has 0 aliphatic heterocycles. The van der Waals surface area contributed by atoms with Gasteiger partial charge in [-0.3, -0.25) is 4.79 Å². The summed E-state index contributed by atoms with van der Waals surface area (Å²) < 4.78 is 27.7. The van der Waals surface area contributed by atoms with Crippen molar-refractivity contribution in [1.29, 1.82) is 0 Å². The number of hydrogen-bond acceptors (Lipinski definition) is 4. The minimum atomic E-state index is -3.66. The third kappa shape index (κ3) is 4.31. The molecule has 23 heavy (non-hydrogen) atoms. The molecule has 0 heterocycles. The zero-order valence-electron chi connectivity index (χ0n) is 13.3. The van der Waals surface area contributed by atoms with Gasteiger partial charge >= 0.3 is 0 Å². The molecule has 0 spiro atoms. The zero-order chi connectivity index (χ0) is 16.9. The first-order valence-corrected chi connectivity index (χ1v) is 9.52. The second kappa shape index (κ2) is 7.90. The van der Waals surface area contributed by atoms with Crippen LogP contribution >= 0.6 is 0 Å². The quantitative estimate of drug-likeness (QED) is 0.784. The Morgan fingerprint density at radius 2 is 1.91 bits per heavy atom. The zero-order valence-corrected chi connectivity index (χ0v) is 14.1. The molecule has 4 N–H and O–H groups in total. The molecule has 1 aliphatic rings. The molecule has 0 radical (unpaired) electrons. The number of primary amides is 1. The fourth-order valence-electron chi connectivity index (χ4n) is 3.06. The summed E-state index contributed by atoms with van der Waals surface area (Å²) in [6.45, 7) is 0.852. The van der Waals surface area contributed by atoms with Crippen molar-refractivity contribution < 1.29 is 13.2 Å². The van der Waals surface area contributed by atoms with Crippen molar-refractivity contribution in [2.75, 3.05) is 13.1 Å². The molecule has 0 aromatic heterocycles. The lowest BCUT2D eigenvalue weighted by Gasteiger charge is -2.33. The largest absolute Gasteiger partial charge is 0.366 e. The average molecular weight is 339 g/mol. The molecule has 128 valence electrons. The molecule has 6 nitrogen and oxygen atoms in total. The SMILES string of the molecule is NCCCN(C1CCCCC1)S(=O)(=O)c1cccc(C(N)=O)c1. The number of benzene rings is 1. The summed E-state index contributed by atoms with van der Waals surface area (Å²) in [6, 6.07) is 5.95. The highest BCUT2D eigenvalue weighted by Gasteiger charge is 2.32. The molecule has 1 fully saturated rings. The summed E-state index contributed by atoms with van der Waals surface area (Å²) >= 11 is 0. The van der Waals surface area contributed by atoms with E-state index >= 15 is 0 Å². The maximum Gasteiger partial charge on any atom is 0.248 e. The van der Waals surface area contributed by atoms with Crippen molar-refractivity contribution in [2.24, 2.45) is 11.5 Å². The van der Waals surface area contributed by atoms with Crippen LogP contribution < -0.4 is 11.5 Å². The second-order valence-electron chi connectivity index (χ2n) is 5.94. The van der Waals surface area contributed by atoms with E-state index in [9.17, 15) is 13.2 Å². The Morgan fingerprint density at radius 3 is 2.52 bits per heavy atom. The molecule has 1 aliphatic carbocycles. The summed E-state index contributed by atoms with van der Waals surface area (Å²) in [4.78, 5) is 11.4. The topological polar surface area (TPSA) is 106 Å². The van der Waals surface area contributed by atoms with Gasteiger partial charge in [-0.1, -0.05) is 25.3 Å². The van der Waals surface area contributed by atoms with Crippen LogP contribution in [0.2, 0.25) is 0 Å². The maximum atomic E-state index is 13.0. The number of nitrogens with two attached hydrogens (primary N) is 2. The molecule has 7 heteroatoms. The summed E-state index contributed by atoms with van der Waals surface area (Å²) in [5, 5.41) is 0. The van der Waals surface area contributed by atoms with E-state index in [2.05, 4.69) is 0 Å². The van der Waals surface area contributed by atoms with Crippen LogP contribution in [0, 0.1) is 0 Å². The molecular weight excluding hydrogens is 314 g/mol. The number of hydrogen-bond donors (Lipinski definition) is 2. The second-order valence-corrected chi connectivity index (χ2v) is 7.83. The van der Waals surface area contributed by atoms with Gasteiger partial charge in [-0.05, 0) is 44.0 Å². The first kappa shape index (κ1) is 17.9.